The maximum absolute atomic E-state index is 12.6. The minimum absolute atomic E-state index is 0.142. The lowest BCUT2D eigenvalue weighted by Gasteiger charge is -2.30. The van der Waals surface area contributed by atoms with Gasteiger partial charge >= 0.3 is 12.0 Å². The number of rotatable bonds is 5. The van der Waals surface area contributed by atoms with Crippen LogP contribution in [0.15, 0.2) is 12.7 Å². The van der Waals surface area contributed by atoms with Crippen molar-refractivity contribution in [3.8, 4) is 0 Å². The normalized spacial score (nSPS) is 28.2. The highest BCUT2D eigenvalue weighted by Crippen LogP contribution is 2.42. The molecule has 0 aromatic carbocycles. The van der Waals surface area contributed by atoms with Crippen LogP contribution in [0.3, 0.4) is 0 Å². The van der Waals surface area contributed by atoms with Gasteiger partial charge in [0.2, 0.25) is 0 Å². The summed E-state index contributed by atoms with van der Waals surface area (Å²) in [5.74, 6) is -0.348. The fourth-order valence-electron chi connectivity index (χ4n) is 3.69. The Balaban J connectivity index is 2.15. The molecule has 2 amide bonds. The third kappa shape index (κ3) is 2.67. The van der Waals surface area contributed by atoms with Crippen molar-refractivity contribution in [3.05, 3.63) is 12.7 Å². The Kier molecular flexibility index (Phi) is 4.68. The van der Waals surface area contributed by atoms with Gasteiger partial charge in [-0.15, -0.1) is 6.58 Å². The summed E-state index contributed by atoms with van der Waals surface area (Å²) in [5, 5.41) is 9.49. The topological polar surface area (TPSA) is 60.9 Å². The first-order chi connectivity index (χ1) is 9.60. The van der Waals surface area contributed by atoms with E-state index < -0.39 is 12.0 Å². The van der Waals surface area contributed by atoms with Gasteiger partial charge in [-0.2, -0.15) is 0 Å². The molecule has 0 radical (unpaired) electrons. The molecule has 1 aliphatic carbocycles. The van der Waals surface area contributed by atoms with E-state index in [2.05, 4.69) is 6.58 Å². The minimum Gasteiger partial charge on any atom is -0.480 e. The van der Waals surface area contributed by atoms with Crippen LogP contribution in [0.25, 0.3) is 0 Å². The van der Waals surface area contributed by atoms with Crippen molar-refractivity contribution in [1.29, 1.82) is 0 Å². The molecule has 1 N–H and O–H groups in total. The Labute approximate surface area is 120 Å². The van der Waals surface area contributed by atoms with Gasteiger partial charge in [0.1, 0.15) is 6.04 Å². The summed E-state index contributed by atoms with van der Waals surface area (Å²) in [6.07, 6.45) is 5.62. The number of carbonyl (C=O) groups excluding carboxylic acids is 1. The highest BCUT2D eigenvalue weighted by molar-refractivity contribution is 5.84. The number of fused-ring (bicyclic) bond motifs is 1. The maximum atomic E-state index is 12.6. The third-order valence-corrected chi connectivity index (χ3v) is 4.50. The Bertz CT molecular complexity index is 397. The van der Waals surface area contributed by atoms with Crippen molar-refractivity contribution in [2.45, 2.75) is 38.6 Å². The molecule has 2 rings (SSSR count). The first-order valence-corrected chi connectivity index (χ1v) is 7.49. The zero-order valence-electron chi connectivity index (χ0n) is 12.1. The van der Waals surface area contributed by atoms with Gasteiger partial charge in [0.15, 0.2) is 0 Å². The number of carbonyl (C=O) groups is 2. The van der Waals surface area contributed by atoms with E-state index in [1.54, 1.807) is 15.9 Å². The Hall–Kier alpha value is -1.52. The fourth-order valence-corrected chi connectivity index (χ4v) is 3.69. The van der Waals surface area contributed by atoms with Gasteiger partial charge < -0.3 is 14.9 Å². The van der Waals surface area contributed by atoms with Crippen LogP contribution in [0.4, 0.5) is 4.79 Å². The molecule has 2 aliphatic rings. The van der Waals surface area contributed by atoms with Crippen LogP contribution in [-0.2, 0) is 4.79 Å². The molecule has 1 saturated carbocycles. The molecule has 2 fully saturated rings. The number of aliphatic carboxylic acids is 1. The highest BCUT2D eigenvalue weighted by Gasteiger charge is 2.50. The Morgan fingerprint density at radius 3 is 2.80 bits per heavy atom. The zero-order valence-corrected chi connectivity index (χ0v) is 12.1. The van der Waals surface area contributed by atoms with Crippen molar-refractivity contribution in [1.82, 2.24) is 9.80 Å². The van der Waals surface area contributed by atoms with E-state index in [1.807, 2.05) is 6.92 Å². The number of nitrogens with zero attached hydrogens (tertiary/aromatic N) is 2. The number of hydrogen-bond donors (Lipinski definition) is 1. The third-order valence-electron chi connectivity index (χ3n) is 4.50. The van der Waals surface area contributed by atoms with Gasteiger partial charge in [-0.25, -0.2) is 9.59 Å². The zero-order chi connectivity index (χ0) is 14.7. The monoisotopic (exact) mass is 280 g/mol. The molecule has 0 bridgehead atoms. The van der Waals surface area contributed by atoms with E-state index >= 15 is 0 Å². The predicted octanol–water partition coefficient (Wildman–Crippen LogP) is 2.19. The lowest BCUT2D eigenvalue weighted by atomic mass is 9.94. The van der Waals surface area contributed by atoms with Gasteiger partial charge in [0.25, 0.3) is 0 Å². The lowest BCUT2D eigenvalue weighted by molar-refractivity contribution is -0.142. The van der Waals surface area contributed by atoms with Crippen molar-refractivity contribution >= 4 is 12.0 Å². The number of carboxylic acids is 1. The number of likely N-dealkylation sites (tertiary alicyclic amines) is 1. The number of urea groups is 1. The molecule has 0 spiro atoms. The molecule has 0 aromatic heterocycles. The van der Waals surface area contributed by atoms with E-state index in [0.717, 1.165) is 25.7 Å². The van der Waals surface area contributed by atoms with Gasteiger partial charge in [-0.05, 0) is 31.1 Å². The van der Waals surface area contributed by atoms with Crippen LogP contribution in [0.2, 0.25) is 0 Å². The maximum Gasteiger partial charge on any atom is 0.326 e. The van der Waals surface area contributed by atoms with Crippen molar-refractivity contribution < 1.29 is 14.7 Å². The van der Waals surface area contributed by atoms with Gasteiger partial charge in [-0.3, -0.25) is 0 Å². The first-order valence-electron chi connectivity index (χ1n) is 7.49. The second-order valence-corrected chi connectivity index (χ2v) is 5.81. The molecule has 5 heteroatoms. The fraction of sp³-hybridized carbons (Fsp3) is 0.733. The van der Waals surface area contributed by atoms with Gasteiger partial charge in [0, 0.05) is 19.6 Å². The van der Waals surface area contributed by atoms with E-state index in [1.165, 1.54) is 0 Å². The highest BCUT2D eigenvalue weighted by atomic mass is 16.4. The van der Waals surface area contributed by atoms with E-state index in [0.29, 0.717) is 25.6 Å². The van der Waals surface area contributed by atoms with Crippen LogP contribution >= 0.6 is 0 Å². The molecule has 3 atom stereocenters. The molecule has 1 saturated heterocycles. The van der Waals surface area contributed by atoms with Crippen LogP contribution in [-0.4, -0.2) is 52.6 Å². The number of hydrogen-bond acceptors (Lipinski definition) is 2. The molecule has 0 aromatic rings. The van der Waals surface area contributed by atoms with Crippen LogP contribution in [0, 0.1) is 11.8 Å². The van der Waals surface area contributed by atoms with Gasteiger partial charge in [-0.1, -0.05) is 19.4 Å². The summed E-state index contributed by atoms with van der Waals surface area (Å²) in [6, 6.07) is -0.785. The van der Waals surface area contributed by atoms with Crippen molar-refractivity contribution in [2.24, 2.45) is 11.8 Å². The Morgan fingerprint density at radius 1 is 1.45 bits per heavy atom. The first kappa shape index (κ1) is 14.9. The summed E-state index contributed by atoms with van der Waals surface area (Å²) in [4.78, 5) is 27.5. The summed E-state index contributed by atoms with van der Waals surface area (Å²) in [7, 11) is 0. The summed E-state index contributed by atoms with van der Waals surface area (Å²) in [5.41, 5.74) is 0. The standard InChI is InChI=1S/C15H24N2O3/c1-3-8-16(9-4-2)15(20)17-10-11-6-5-7-12(11)13(17)14(18)19/h3,11-13H,1,4-10H2,2H3,(H,18,19). The molecule has 112 valence electrons. The van der Waals surface area contributed by atoms with Crippen LogP contribution in [0.5, 0.6) is 0 Å². The average Bonchev–Trinajstić information content (AvgIpc) is 2.96. The molecule has 20 heavy (non-hydrogen) atoms. The van der Waals surface area contributed by atoms with Crippen molar-refractivity contribution in [3.63, 3.8) is 0 Å². The molecule has 1 heterocycles. The van der Waals surface area contributed by atoms with Crippen molar-refractivity contribution in [2.75, 3.05) is 19.6 Å². The summed E-state index contributed by atoms with van der Waals surface area (Å²) in [6.45, 7) is 7.40. The molecular weight excluding hydrogens is 256 g/mol. The minimum atomic E-state index is -0.859. The SMILES string of the molecule is C=CCN(CCC)C(=O)N1CC2CCCC2C1C(=O)O. The smallest absolute Gasteiger partial charge is 0.326 e. The number of carboxylic acid groups (broad SMARTS) is 1. The predicted molar refractivity (Wildman–Crippen MR) is 76.4 cm³/mol. The quantitative estimate of drug-likeness (QED) is 0.785. The molecule has 3 unspecified atom stereocenters. The second-order valence-electron chi connectivity index (χ2n) is 5.81. The molecule has 5 nitrogen and oxygen atoms in total. The Morgan fingerprint density at radius 2 is 2.20 bits per heavy atom. The van der Waals surface area contributed by atoms with Gasteiger partial charge in [0.05, 0.1) is 0 Å². The largest absolute Gasteiger partial charge is 0.480 e. The summed E-state index contributed by atoms with van der Waals surface area (Å²) < 4.78 is 0. The second kappa shape index (κ2) is 6.29. The van der Waals surface area contributed by atoms with Crippen LogP contribution < -0.4 is 0 Å². The lowest BCUT2D eigenvalue weighted by Crippen LogP contribution is -2.49. The van der Waals surface area contributed by atoms with E-state index in [9.17, 15) is 14.7 Å². The van der Waals surface area contributed by atoms with Crippen LogP contribution in [0.1, 0.15) is 32.6 Å². The van der Waals surface area contributed by atoms with E-state index in [-0.39, 0.29) is 11.9 Å². The molecule has 1 aliphatic heterocycles. The number of amides is 2. The average molecular weight is 280 g/mol. The molecular formula is C15H24N2O3. The summed E-state index contributed by atoms with van der Waals surface area (Å²) >= 11 is 0. The van der Waals surface area contributed by atoms with E-state index in [4.69, 9.17) is 0 Å².